The van der Waals surface area contributed by atoms with Crippen molar-refractivity contribution >= 4 is 48.0 Å². The van der Waals surface area contributed by atoms with Crippen LogP contribution >= 0.6 is 0 Å². The number of hydrogen-bond acceptors (Lipinski definition) is 6. The average molecular weight is 443 g/mol. The highest BCUT2D eigenvalue weighted by molar-refractivity contribution is 7.95. The minimum atomic E-state index is -4.13. The Morgan fingerprint density at radius 1 is 0.800 bits per heavy atom. The van der Waals surface area contributed by atoms with Gasteiger partial charge >= 0.3 is 0 Å². The van der Waals surface area contributed by atoms with Crippen LogP contribution in [0.1, 0.15) is 0 Å². The van der Waals surface area contributed by atoms with Crippen molar-refractivity contribution in [2.45, 2.75) is 9.79 Å². The van der Waals surface area contributed by atoms with Gasteiger partial charge in [0.25, 0.3) is 10.0 Å². The highest BCUT2D eigenvalue weighted by Gasteiger charge is 2.23. The summed E-state index contributed by atoms with van der Waals surface area (Å²) in [5.41, 5.74) is 1.83. The Kier molecular flexibility index (Phi) is 4.96. The van der Waals surface area contributed by atoms with Gasteiger partial charge in [0.05, 0.1) is 10.4 Å². The van der Waals surface area contributed by atoms with Crippen molar-refractivity contribution in [1.82, 2.24) is 10.2 Å². The van der Waals surface area contributed by atoms with E-state index in [1.165, 1.54) is 24.3 Å². The van der Waals surface area contributed by atoms with Crippen molar-refractivity contribution in [2.75, 3.05) is 16.3 Å². The quantitative estimate of drug-likeness (QED) is 0.420. The van der Waals surface area contributed by atoms with Crippen LogP contribution in [0.4, 0.5) is 17.2 Å². The molecule has 0 saturated carbocycles. The Morgan fingerprint density at radius 2 is 1.47 bits per heavy atom. The zero-order chi connectivity index (χ0) is 21.4. The molecule has 8 nitrogen and oxygen atoms in total. The first-order chi connectivity index (χ1) is 14.2. The summed E-state index contributed by atoms with van der Waals surface area (Å²) in [7, 11) is -7.85. The molecule has 30 heavy (non-hydrogen) atoms. The Hall–Kier alpha value is -3.37. The molecular formula is C20H18N4O4S2. The van der Waals surface area contributed by atoms with E-state index in [0.717, 1.165) is 11.9 Å². The van der Waals surface area contributed by atoms with Gasteiger partial charge in [-0.25, -0.2) is 16.8 Å². The van der Waals surface area contributed by atoms with E-state index in [0.29, 0.717) is 16.7 Å². The minimum Gasteiger partial charge on any atom is -0.338 e. The van der Waals surface area contributed by atoms with E-state index in [9.17, 15) is 16.8 Å². The minimum absolute atomic E-state index is 0.256. The van der Waals surface area contributed by atoms with Gasteiger partial charge in [-0.3, -0.25) is 9.82 Å². The van der Waals surface area contributed by atoms with E-state index in [2.05, 4.69) is 20.2 Å². The smallest absolute Gasteiger partial charge is 0.263 e. The van der Waals surface area contributed by atoms with Gasteiger partial charge in [-0.15, -0.1) is 0 Å². The number of nitrogens with zero attached hydrogens (tertiary/aromatic N) is 1. The molecule has 3 N–H and O–H groups in total. The second kappa shape index (κ2) is 7.47. The van der Waals surface area contributed by atoms with Crippen LogP contribution in [0.5, 0.6) is 0 Å². The van der Waals surface area contributed by atoms with Gasteiger partial charge in [-0.2, -0.15) is 5.10 Å². The molecule has 4 aromatic rings. The fourth-order valence-corrected chi connectivity index (χ4v) is 5.70. The molecule has 154 valence electrons. The summed E-state index contributed by atoms with van der Waals surface area (Å²) >= 11 is 0. The fourth-order valence-electron chi connectivity index (χ4n) is 3.02. The predicted molar refractivity (Wildman–Crippen MR) is 116 cm³/mol. The van der Waals surface area contributed by atoms with Crippen LogP contribution < -0.4 is 10.0 Å². The number of sulfonamides is 1. The van der Waals surface area contributed by atoms with Gasteiger partial charge in [-0.1, -0.05) is 30.3 Å². The molecule has 0 aliphatic heterocycles. The predicted octanol–water partition coefficient (Wildman–Crippen LogP) is 3.51. The van der Waals surface area contributed by atoms with Crippen LogP contribution in [-0.2, 0) is 19.9 Å². The molecule has 10 heteroatoms. The summed E-state index contributed by atoms with van der Waals surface area (Å²) in [5, 5.41) is 11.0. The molecule has 3 aromatic carbocycles. The molecule has 0 radical (unpaired) electrons. The molecule has 0 aliphatic carbocycles. The maximum Gasteiger partial charge on any atom is 0.263 e. The monoisotopic (exact) mass is 442 g/mol. The maximum atomic E-state index is 12.9. The zero-order valence-corrected chi connectivity index (χ0v) is 17.5. The van der Waals surface area contributed by atoms with Crippen LogP contribution in [-0.4, -0.2) is 33.3 Å². The largest absolute Gasteiger partial charge is 0.338 e. The Bertz CT molecular complexity index is 1430. The van der Waals surface area contributed by atoms with Gasteiger partial charge in [0.1, 0.15) is 4.90 Å². The van der Waals surface area contributed by atoms with E-state index in [-0.39, 0.29) is 15.5 Å². The Labute approximate surface area is 173 Å². The van der Waals surface area contributed by atoms with Crippen molar-refractivity contribution < 1.29 is 16.8 Å². The second-order valence-corrected chi connectivity index (χ2v) is 10.3. The molecule has 0 unspecified atom stereocenters. The molecular weight excluding hydrogens is 424 g/mol. The summed E-state index contributed by atoms with van der Waals surface area (Å²) in [5.74, 6) is 0.536. The highest BCUT2D eigenvalue weighted by Crippen LogP contribution is 2.29. The van der Waals surface area contributed by atoms with Gasteiger partial charge in [0, 0.05) is 23.0 Å². The fraction of sp³-hybridized carbons (Fsp3) is 0.0500. The van der Waals surface area contributed by atoms with Crippen LogP contribution in [0.25, 0.3) is 10.9 Å². The topological polar surface area (TPSA) is 121 Å². The molecule has 4 rings (SSSR count). The summed E-state index contributed by atoms with van der Waals surface area (Å²) in [6.45, 7) is 0. The number of H-pyrrole nitrogens is 1. The molecule has 1 aromatic heterocycles. The molecule has 0 amide bonds. The summed E-state index contributed by atoms with van der Waals surface area (Å²) < 4.78 is 52.3. The number of aromatic amines is 1. The number of fused-ring (bicyclic) bond motifs is 1. The van der Waals surface area contributed by atoms with E-state index in [1.807, 2.05) is 30.3 Å². The van der Waals surface area contributed by atoms with Crippen LogP contribution in [0, 0.1) is 0 Å². The zero-order valence-electron chi connectivity index (χ0n) is 15.8. The summed E-state index contributed by atoms with van der Waals surface area (Å²) in [6.07, 6.45) is 0.973. The summed E-state index contributed by atoms with van der Waals surface area (Å²) in [6, 6.07) is 19.8. The second-order valence-electron chi connectivity index (χ2n) is 6.65. The molecule has 0 spiro atoms. The van der Waals surface area contributed by atoms with Crippen molar-refractivity contribution in [1.29, 1.82) is 0 Å². The number of nitrogens with one attached hydrogen (secondary N) is 3. The van der Waals surface area contributed by atoms with Gasteiger partial charge in [0.2, 0.25) is 0 Å². The number of anilines is 3. The van der Waals surface area contributed by atoms with E-state index in [4.69, 9.17) is 0 Å². The summed E-state index contributed by atoms with van der Waals surface area (Å²) in [4.78, 5) is -0.559. The first kappa shape index (κ1) is 19.9. The molecule has 0 saturated heterocycles. The SMILES string of the molecule is CS(=O)(=O)c1ccccc1S(=O)(=O)Nc1ccc2[nH]nc(Nc3ccccc3)c2c1. The average Bonchev–Trinajstić information content (AvgIpc) is 3.10. The number of aromatic nitrogens is 2. The molecule has 0 fully saturated rings. The third kappa shape index (κ3) is 4.00. The van der Waals surface area contributed by atoms with E-state index >= 15 is 0 Å². The molecule has 0 atom stereocenters. The first-order valence-corrected chi connectivity index (χ1v) is 12.2. The van der Waals surface area contributed by atoms with Crippen LogP contribution in [0.2, 0.25) is 0 Å². The number of sulfone groups is 1. The van der Waals surface area contributed by atoms with Crippen LogP contribution in [0.15, 0.2) is 82.6 Å². The van der Waals surface area contributed by atoms with Crippen molar-refractivity contribution in [3.05, 3.63) is 72.8 Å². The van der Waals surface area contributed by atoms with E-state index in [1.54, 1.807) is 18.2 Å². The van der Waals surface area contributed by atoms with Crippen molar-refractivity contribution in [3.8, 4) is 0 Å². The van der Waals surface area contributed by atoms with Gasteiger partial charge < -0.3 is 5.32 Å². The number of hydrogen-bond donors (Lipinski definition) is 3. The highest BCUT2D eigenvalue weighted by atomic mass is 32.2. The maximum absolute atomic E-state index is 12.9. The van der Waals surface area contributed by atoms with Crippen molar-refractivity contribution in [2.24, 2.45) is 0 Å². The third-order valence-electron chi connectivity index (χ3n) is 4.39. The van der Waals surface area contributed by atoms with E-state index < -0.39 is 19.9 Å². The number of benzene rings is 3. The van der Waals surface area contributed by atoms with Gasteiger partial charge in [0.15, 0.2) is 15.7 Å². The number of rotatable bonds is 6. The first-order valence-electron chi connectivity index (χ1n) is 8.86. The standard InChI is InChI=1S/C20H18N4O4S2/c1-29(25,26)18-9-5-6-10-19(18)30(27,28)24-15-11-12-17-16(13-15)20(23-22-17)21-14-7-3-2-4-8-14/h2-13,24H,1H3,(H2,21,22,23). The van der Waals surface area contributed by atoms with Crippen LogP contribution in [0.3, 0.4) is 0 Å². The molecule has 0 bridgehead atoms. The Balaban J connectivity index is 1.70. The molecule has 0 aliphatic rings. The lowest BCUT2D eigenvalue weighted by Crippen LogP contribution is -2.16. The lowest BCUT2D eigenvalue weighted by atomic mass is 10.2. The lowest BCUT2D eigenvalue weighted by molar-refractivity contribution is 0.588. The van der Waals surface area contributed by atoms with Gasteiger partial charge in [-0.05, 0) is 42.5 Å². The molecule has 1 heterocycles. The van der Waals surface area contributed by atoms with Crippen molar-refractivity contribution in [3.63, 3.8) is 0 Å². The third-order valence-corrected chi connectivity index (χ3v) is 7.11. The normalized spacial score (nSPS) is 12.0. The number of para-hydroxylation sites is 1. The lowest BCUT2D eigenvalue weighted by Gasteiger charge is -2.11. The Morgan fingerprint density at radius 3 is 2.17 bits per heavy atom.